The Morgan fingerprint density at radius 3 is 2.48 bits per heavy atom. The molecule has 0 unspecified atom stereocenters. The highest BCUT2D eigenvalue weighted by Gasteiger charge is 2.31. The number of nitrogens with one attached hydrogen (secondary N) is 2. The first-order valence-corrected chi connectivity index (χ1v) is 9.70. The number of Topliss-reactive ketones (excluding diaryl/α,β-unsaturated/α-hetero) is 1. The van der Waals surface area contributed by atoms with Gasteiger partial charge in [0, 0.05) is 24.0 Å². The predicted octanol–water partition coefficient (Wildman–Crippen LogP) is 4.11. The second-order valence-electron chi connectivity index (χ2n) is 7.19. The Morgan fingerprint density at radius 1 is 1.06 bits per heavy atom. The zero-order valence-electron chi connectivity index (χ0n) is 17.4. The van der Waals surface area contributed by atoms with Crippen molar-refractivity contribution in [3.8, 4) is 16.9 Å². The van der Waals surface area contributed by atoms with Crippen LogP contribution in [0.15, 0.2) is 54.9 Å². The fourth-order valence-corrected chi connectivity index (χ4v) is 3.39. The number of aromatic amines is 1. The van der Waals surface area contributed by atoms with Gasteiger partial charge in [-0.2, -0.15) is 23.4 Å². The largest absolute Gasteiger partial charge is 0.416 e. The van der Waals surface area contributed by atoms with E-state index in [2.05, 4.69) is 25.6 Å². The van der Waals surface area contributed by atoms with Gasteiger partial charge in [0.15, 0.2) is 5.82 Å². The Hall–Kier alpha value is -4.28. The van der Waals surface area contributed by atoms with E-state index in [4.69, 9.17) is 0 Å². The van der Waals surface area contributed by atoms with Crippen LogP contribution in [0.3, 0.4) is 0 Å². The normalized spacial score (nSPS) is 11.4. The van der Waals surface area contributed by atoms with Crippen molar-refractivity contribution < 1.29 is 22.8 Å². The molecule has 0 spiro atoms. The van der Waals surface area contributed by atoms with Crippen molar-refractivity contribution in [2.24, 2.45) is 0 Å². The van der Waals surface area contributed by atoms with Gasteiger partial charge < -0.3 is 5.32 Å². The maximum atomic E-state index is 13.1. The van der Waals surface area contributed by atoms with Gasteiger partial charge >= 0.3 is 6.18 Å². The number of carbonyl (C=O) groups excluding carboxylic acids is 2. The summed E-state index contributed by atoms with van der Waals surface area (Å²) < 4.78 is 40.4. The molecule has 33 heavy (non-hydrogen) atoms. The van der Waals surface area contributed by atoms with E-state index in [1.807, 2.05) is 0 Å². The Balaban J connectivity index is 1.58. The number of ketones is 1. The Kier molecular flexibility index (Phi) is 5.54. The zero-order chi connectivity index (χ0) is 23.8. The molecule has 4 rings (SSSR count). The quantitative estimate of drug-likeness (QED) is 0.349. The fraction of sp³-hybridized carbons (Fsp3) is 0.136. The minimum atomic E-state index is -4.52. The maximum Gasteiger partial charge on any atom is 0.416 e. The smallest absolute Gasteiger partial charge is 0.302 e. The Labute approximate surface area is 185 Å². The van der Waals surface area contributed by atoms with Crippen LogP contribution in [0, 0.1) is 13.8 Å². The number of hydrogen-bond acceptors (Lipinski definition) is 5. The molecule has 0 bridgehead atoms. The third-order valence-electron chi connectivity index (χ3n) is 4.95. The second-order valence-corrected chi connectivity index (χ2v) is 7.19. The number of nitrogens with zero attached hydrogens (tertiary/aromatic N) is 4. The molecule has 0 radical (unpaired) electrons. The lowest BCUT2D eigenvalue weighted by atomic mass is 10.1. The first-order chi connectivity index (χ1) is 15.6. The van der Waals surface area contributed by atoms with Crippen molar-refractivity contribution in [2.45, 2.75) is 20.0 Å². The third kappa shape index (κ3) is 4.38. The Bertz CT molecular complexity index is 1340. The van der Waals surface area contributed by atoms with Gasteiger partial charge in [0.2, 0.25) is 0 Å². The topological polar surface area (TPSA) is 106 Å². The number of benzene rings is 1. The SMILES string of the molecule is Cc1nn(-c2cccc(C(F)(F)F)c2)c(C)c1C(=O)C(=O)Nc1cc(-c2ccncc2)[nH]n1. The molecule has 2 N–H and O–H groups in total. The summed E-state index contributed by atoms with van der Waals surface area (Å²) in [7, 11) is 0. The summed E-state index contributed by atoms with van der Waals surface area (Å²) in [6.07, 6.45) is -1.32. The van der Waals surface area contributed by atoms with Crippen LogP contribution in [0.25, 0.3) is 16.9 Å². The number of aryl methyl sites for hydroxylation is 1. The van der Waals surface area contributed by atoms with E-state index in [1.165, 1.54) is 30.7 Å². The van der Waals surface area contributed by atoms with Crippen molar-refractivity contribution in [1.82, 2.24) is 25.0 Å². The van der Waals surface area contributed by atoms with Crippen molar-refractivity contribution in [3.05, 3.63) is 77.4 Å². The van der Waals surface area contributed by atoms with Gasteiger partial charge in [-0.3, -0.25) is 19.7 Å². The van der Waals surface area contributed by atoms with E-state index in [0.29, 0.717) is 5.69 Å². The molecule has 0 aliphatic rings. The van der Waals surface area contributed by atoms with E-state index in [1.54, 1.807) is 30.6 Å². The number of H-pyrrole nitrogens is 1. The molecule has 4 aromatic rings. The van der Waals surface area contributed by atoms with Crippen LogP contribution in [-0.4, -0.2) is 36.7 Å². The number of pyridine rings is 1. The van der Waals surface area contributed by atoms with Crippen molar-refractivity contribution >= 4 is 17.5 Å². The molecule has 8 nitrogen and oxygen atoms in total. The number of alkyl halides is 3. The molecule has 1 aromatic carbocycles. The monoisotopic (exact) mass is 454 g/mol. The summed E-state index contributed by atoms with van der Waals surface area (Å²) in [6.45, 7) is 3.02. The molecular weight excluding hydrogens is 437 g/mol. The van der Waals surface area contributed by atoms with Gasteiger partial charge in [0.1, 0.15) is 0 Å². The average Bonchev–Trinajstić information content (AvgIpc) is 3.37. The number of hydrogen-bond donors (Lipinski definition) is 2. The predicted molar refractivity (Wildman–Crippen MR) is 113 cm³/mol. The highest BCUT2D eigenvalue weighted by Crippen LogP contribution is 2.31. The van der Waals surface area contributed by atoms with Gasteiger partial charge in [0.05, 0.1) is 33.9 Å². The first-order valence-electron chi connectivity index (χ1n) is 9.70. The minimum Gasteiger partial charge on any atom is -0.302 e. The van der Waals surface area contributed by atoms with E-state index >= 15 is 0 Å². The molecule has 0 atom stereocenters. The number of amides is 1. The summed E-state index contributed by atoms with van der Waals surface area (Å²) in [5.74, 6) is -1.69. The van der Waals surface area contributed by atoms with Crippen LogP contribution in [0.1, 0.15) is 27.3 Å². The molecule has 0 aliphatic heterocycles. The van der Waals surface area contributed by atoms with Gasteiger partial charge in [-0.25, -0.2) is 4.68 Å². The molecular formula is C22H17F3N6O2. The molecule has 168 valence electrons. The number of aromatic nitrogens is 5. The molecule has 0 fully saturated rings. The number of anilines is 1. The molecule has 3 aromatic heterocycles. The lowest BCUT2D eigenvalue weighted by Gasteiger charge is -2.10. The van der Waals surface area contributed by atoms with E-state index < -0.39 is 23.4 Å². The second kappa shape index (κ2) is 8.34. The molecule has 11 heteroatoms. The first kappa shape index (κ1) is 21.9. The van der Waals surface area contributed by atoms with Crippen molar-refractivity contribution in [3.63, 3.8) is 0 Å². The number of rotatable bonds is 5. The van der Waals surface area contributed by atoms with Crippen LogP contribution < -0.4 is 5.32 Å². The summed E-state index contributed by atoms with van der Waals surface area (Å²) in [5, 5.41) is 13.4. The molecule has 1 amide bonds. The fourth-order valence-electron chi connectivity index (χ4n) is 3.39. The summed E-state index contributed by atoms with van der Waals surface area (Å²) >= 11 is 0. The summed E-state index contributed by atoms with van der Waals surface area (Å²) in [6, 6.07) is 9.62. The molecule has 3 heterocycles. The lowest BCUT2D eigenvalue weighted by molar-refractivity contribution is -0.137. The summed E-state index contributed by atoms with van der Waals surface area (Å²) in [4.78, 5) is 29.4. The molecule has 0 saturated heterocycles. The van der Waals surface area contributed by atoms with Gasteiger partial charge in [-0.1, -0.05) is 6.07 Å². The van der Waals surface area contributed by atoms with Gasteiger partial charge in [0.25, 0.3) is 11.7 Å². The van der Waals surface area contributed by atoms with Crippen molar-refractivity contribution in [2.75, 3.05) is 5.32 Å². The highest BCUT2D eigenvalue weighted by atomic mass is 19.4. The van der Waals surface area contributed by atoms with Crippen LogP contribution in [0.4, 0.5) is 19.0 Å². The average molecular weight is 454 g/mol. The van der Waals surface area contributed by atoms with E-state index in [9.17, 15) is 22.8 Å². The minimum absolute atomic E-state index is 0.00908. The highest BCUT2D eigenvalue weighted by molar-refractivity contribution is 6.47. The van der Waals surface area contributed by atoms with Crippen LogP contribution >= 0.6 is 0 Å². The zero-order valence-corrected chi connectivity index (χ0v) is 17.4. The number of halogens is 3. The lowest BCUT2D eigenvalue weighted by Crippen LogP contribution is -2.24. The third-order valence-corrected chi connectivity index (χ3v) is 4.95. The van der Waals surface area contributed by atoms with Crippen LogP contribution in [0.2, 0.25) is 0 Å². The molecule has 0 saturated carbocycles. The van der Waals surface area contributed by atoms with E-state index in [-0.39, 0.29) is 28.5 Å². The van der Waals surface area contributed by atoms with Crippen LogP contribution in [0.5, 0.6) is 0 Å². The van der Waals surface area contributed by atoms with Gasteiger partial charge in [-0.05, 0) is 44.2 Å². The Morgan fingerprint density at radius 2 is 1.79 bits per heavy atom. The summed E-state index contributed by atoms with van der Waals surface area (Å²) in [5.41, 5.74) is 1.15. The van der Waals surface area contributed by atoms with Gasteiger partial charge in [-0.15, -0.1) is 0 Å². The maximum absolute atomic E-state index is 13.1. The van der Waals surface area contributed by atoms with Crippen molar-refractivity contribution in [1.29, 1.82) is 0 Å². The van der Waals surface area contributed by atoms with Crippen LogP contribution in [-0.2, 0) is 11.0 Å². The van der Waals surface area contributed by atoms with E-state index in [0.717, 1.165) is 17.7 Å². The standard InChI is InChI=1S/C22H17F3N6O2/c1-12-19(13(2)31(30-12)16-5-3-4-15(10-16)22(23,24)25)20(32)21(33)27-18-11-17(28-29-18)14-6-8-26-9-7-14/h3-11H,1-2H3,(H2,27,28,29,33). The molecule has 0 aliphatic carbocycles. The number of carbonyl (C=O) groups is 2.